The molecule has 0 aromatic carbocycles. The third-order valence-electron chi connectivity index (χ3n) is 1.80. The van der Waals surface area contributed by atoms with E-state index in [0.717, 1.165) is 13.0 Å². The highest BCUT2D eigenvalue weighted by molar-refractivity contribution is 6.62. The van der Waals surface area contributed by atoms with E-state index in [2.05, 4.69) is 23.1 Å². The van der Waals surface area contributed by atoms with E-state index < -0.39 is 0 Å². The van der Waals surface area contributed by atoms with Crippen molar-refractivity contribution in [2.75, 3.05) is 0 Å². The van der Waals surface area contributed by atoms with Crippen molar-refractivity contribution in [3.05, 3.63) is 29.5 Å². The predicted molar refractivity (Wildman–Crippen MR) is 44.8 cm³/mol. The topological polar surface area (TPSA) is 12.9 Å². The lowest BCUT2D eigenvalue weighted by atomic mass is 9.74. The highest BCUT2D eigenvalue weighted by Crippen LogP contribution is 2.03. The van der Waals surface area contributed by atoms with Crippen LogP contribution in [0.2, 0.25) is 0 Å². The van der Waals surface area contributed by atoms with Gasteiger partial charge in [-0.1, -0.05) is 11.5 Å². The normalized spacial score (nSPS) is 12.9. The molecule has 0 bridgehead atoms. The number of pyridine rings is 1. The van der Waals surface area contributed by atoms with Crippen molar-refractivity contribution in [1.82, 2.24) is 4.98 Å². The number of rotatable bonds is 0. The van der Waals surface area contributed by atoms with Crippen LogP contribution in [0.15, 0.2) is 18.2 Å². The van der Waals surface area contributed by atoms with Crippen LogP contribution in [0.3, 0.4) is 0 Å². The van der Waals surface area contributed by atoms with Crippen LogP contribution in [-0.2, 0) is 0 Å². The summed E-state index contributed by atoms with van der Waals surface area (Å²) in [6.07, 6.45) is 4.07. The highest BCUT2D eigenvalue weighted by Gasteiger charge is 2.04. The number of nitrogens with zero attached hydrogens (tertiary/aromatic N) is 1. The van der Waals surface area contributed by atoms with Gasteiger partial charge < -0.3 is 0 Å². The van der Waals surface area contributed by atoms with Crippen LogP contribution in [-0.4, -0.2) is 12.3 Å². The zero-order chi connectivity index (χ0) is 6.97. The molecule has 2 rings (SSSR count). The van der Waals surface area contributed by atoms with Crippen molar-refractivity contribution >= 4 is 18.8 Å². The number of hydrogen-bond donors (Lipinski definition) is 0. The van der Waals surface area contributed by atoms with Crippen LogP contribution >= 0.6 is 0 Å². The van der Waals surface area contributed by atoms with Gasteiger partial charge in [-0.2, -0.15) is 0 Å². The summed E-state index contributed by atoms with van der Waals surface area (Å²) in [5, 5.41) is 0. The van der Waals surface area contributed by atoms with E-state index >= 15 is 0 Å². The molecular weight excluding hydrogens is 121 g/mol. The van der Waals surface area contributed by atoms with Crippen molar-refractivity contribution in [2.45, 2.75) is 6.92 Å². The quantitative estimate of drug-likeness (QED) is 0.463. The highest BCUT2D eigenvalue weighted by atomic mass is 14.7. The molecule has 1 nitrogen and oxygen atoms in total. The molecule has 0 unspecified atom stereocenters. The minimum atomic E-state index is 1.08. The Morgan fingerprint density at radius 1 is 1.50 bits per heavy atom. The molecule has 2 heterocycles. The summed E-state index contributed by atoms with van der Waals surface area (Å²) >= 11 is 0. The SMILES string of the molecule is Cc1cc2c(cn1)C=CB2. The van der Waals surface area contributed by atoms with Gasteiger partial charge in [-0.25, -0.2) is 0 Å². The second kappa shape index (κ2) is 1.98. The van der Waals surface area contributed by atoms with Crippen LogP contribution in [0.5, 0.6) is 0 Å². The molecule has 0 amide bonds. The van der Waals surface area contributed by atoms with E-state index in [1.807, 2.05) is 13.1 Å². The molecule has 0 N–H and O–H groups in total. The lowest BCUT2D eigenvalue weighted by Crippen LogP contribution is -2.11. The van der Waals surface area contributed by atoms with Crippen molar-refractivity contribution in [3.63, 3.8) is 0 Å². The van der Waals surface area contributed by atoms with Gasteiger partial charge in [-0.3, -0.25) is 4.98 Å². The fourth-order valence-electron chi connectivity index (χ4n) is 1.27. The fraction of sp³-hybridized carbons (Fsp3) is 0.125. The van der Waals surface area contributed by atoms with E-state index in [4.69, 9.17) is 0 Å². The number of fused-ring (bicyclic) bond motifs is 1. The molecule has 10 heavy (non-hydrogen) atoms. The zero-order valence-corrected chi connectivity index (χ0v) is 5.96. The first-order chi connectivity index (χ1) is 4.86. The monoisotopic (exact) mass is 129 g/mol. The maximum Gasteiger partial charge on any atom is 0.183 e. The van der Waals surface area contributed by atoms with Crippen LogP contribution in [0.1, 0.15) is 11.3 Å². The first-order valence-electron chi connectivity index (χ1n) is 3.48. The van der Waals surface area contributed by atoms with E-state index in [1.54, 1.807) is 0 Å². The molecular formula is C8H8BN. The molecule has 0 atom stereocenters. The minimum Gasteiger partial charge on any atom is -0.261 e. The lowest BCUT2D eigenvalue weighted by Gasteiger charge is -1.97. The third-order valence-corrected chi connectivity index (χ3v) is 1.80. The summed E-state index contributed by atoms with van der Waals surface area (Å²) in [6.45, 7) is 2.03. The molecule has 1 aromatic rings. The number of hydrogen-bond acceptors (Lipinski definition) is 1. The van der Waals surface area contributed by atoms with E-state index in [-0.39, 0.29) is 0 Å². The van der Waals surface area contributed by atoms with Gasteiger partial charge in [0, 0.05) is 11.9 Å². The van der Waals surface area contributed by atoms with Gasteiger partial charge in [0.15, 0.2) is 7.28 Å². The summed E-state index contributed by atoms with van der Waals surface area (Å²) in [6, 6.07) is 2.15. The second-order valence-corrected chi connectivity index (χ2v) is 2.63. The first-order valence-corrected chi connectivity index (χ1v) is 3.48. The average Bonchev–Trinajstić information content (AvgIpc) is 2.33. The Morgan fingerprint density at radius 3 is 3.30 bits per heavy atom. The number of aromatic nitrogens is 1. The Bertz CT molecular complexity index is 291. The first kappa shape index (κ1) is 5.72. The van der Waals surface area contributed by atoms with Gasteiger partial charge in [0.1, 0.15) is 0 Å². The van der Waals surface area contributed by atoms with Crippen LogP contribution in [0.25, 0.3) is 6.08 Å². The molecule has 1 aliphatic rings. The molecule has 0 spiro atoms. The fourth-order valence-corrected chi connectivity index (χ4v) is 1.27. The van der Waals surface area contributed by atoms with Crippen molar-refractivity contribution in [1.29, 1.82) is 0 Å². The van der Waals surface area contributed by atoms with Gasteiger partial charge in [-0.05, 0) is 18.6 Å². The largest absolute Gasteiger partial charge is 0.261 e. The zero-order valence-electron chi connectivity index (χ0n) is 5.96. The molecule has 0 saturated heterocycles. The maximum atomic E-state index is 4.20. The standard InChI is InChI=1S/C8H8BN/c1-6-4-8-7(5-10-6)2-3-9-8/h2-5,9H,1H3. The predicted octanol–water partition coefficient (Wildman–Crippen LogP) is 0.436. The molecule has 0 fully saturated rings. The Hall–Kier alpha value is -1.05. The third kappa shape index (κ3) is 0.765. The number of aryl methyl sites for hydroxylation is 1. The van der Waals surface area contributed by atoms with Gasteiger partial charge >= 0.3 is 0 Å². The van der Waals surface area contributed by atoms with Gasteiger partial charge in [0.25, 0.3) is 0 Å². The van der Waals surface area contributed by atoms with E-state index in [9.17, 15) is 0 Å². The van der Waals surface area contributed by atoms with Crippen LogP contribution < -0.4 is 5.46 Å². The van der Waals surface area contributed by atoms with Gasteiger partial charge in [0.05, 0.1) is 0 Å². The molecule has 1 aliphatic heterocycles. The Kier molecular flexibility index (Phi) is 1.13. The van der Waals surface area contributed by atoms with Crippen LogP contribution in [0, 0.1) is 6.92 Å². The maximum absolute atomic E-state index is 4.20. The summed E-state index contributed by atoms with van der Waals surface area (Å²) < 4.78 is 0. The van der Waals surface area contributed by atoms with E-state index in [1.165, 1.54) is 11.0 Å². The Balaban J connectivity index is 2.59. The van der Waals surface area contributed by atoms with Crippen molar-refractivity contribution < 1.29 is 0 Å². The van der Waals surface area contributed by atoms with E-state index in [0.29, 0.717) is 0 Å². The van der Waals surface area contributed by atoms with Crippen molar-refractivity contribution in [3.8, 4) is 0 Å². The van der Waals surface area contributed by atoms with Gasteiger partial charge in [-0.15, -0.1) is 5.98 Å². The summed E-state index contributed by atoms with van der Waals surface area (Å²) in [5.41, 5.74) is 3.81. The molecule has 0 radical (unpaired) electrons. The van der Waals surface area contributed by atoms with Crippen LogP contribution in [0.4, 0.5) is 0 Å². The summed E-state index contributed by atoms with van der Waals surface area (Å²) in [5.74, 6) is 2.17. The molecule has 0 saturated carbocycles. The minimum absolute atomic E-state index is 1.08. The molecule has 48 valence electrons. The smallest absolute Gasteiger partial charge is 0.183 e. The Labute approximate surface area is 61.0 Å². The lowest BCUT2D eigenvalue weighted by molar-refractivity contribution is 1.21. The molecule has 1 aromatic heterocycles. The molecule has 0 aliphatic carbocycles. The summed E-state index contributed by atoms with van der Waals surface area (Å²) in [4.78, 5) is 4.20. The van der Waals surface area contributed by atoms with Gasteiger partial charge in [0.2, 0.25) is 0 Å². The van der Waals surface area contributed by atoms with Crippen molar-refractivity contribution in [2.24, 2.45) is 0 Å². The second-order valence-electron chi connectivity index (χ2n) is 2.63. The Morgan fingerprint density at radius 2 is 2.40 bits per heavy atom. The summed E-state index contributed by atoms with van der Waals surface area (Å²) in [7, 11) is 1.08. The molecule has 2 heteroatoms. The average molecular weight is 129 g/mol.